The van der Waals surface area contributed by atoms with Crippen LogP contribution in [0, 0.1) is 16.0 Å². The summed E-state index contributed by atoms with van der Waals surface area (Å²) in [6, 6.07) is 24.0. The Morgan fingerprint density at radius 2 is 1.54 bits per heavy atom. The minimum atomic E-state index is -0.688. The Balaban J connectivity index is 0.00000260. The third kappa shape index (κ3) is 9.65. The number of nitrogens with one attached hydrogen (secondary N) is 1. The first-order valence-corrected chi connectivity index (χ1v) is 13.6. The van der Waals surface area contributed by atoms with Gasteiger partial charge >= 0.3 is 5.97 Å². The number of nitrogens with two attached hydrogens (primary N) is 1. The molecule has 3 aromatic carbocycles. The van der Waals surface area contributed by atoms with Crippen LogP contribution in [0.1, 0.15) is 62.5 Å². The van der Waals surface area contributed by atoms with Crippen molar-refractivity contribution in [1.82, 2.24) is 0 Å². The quantitative estimate of drug-likeness (QED) is 0.121. The number of benzene rings is 3. The molecule has 2 atom stereocenters. The van der Waals surface area contributed by atoms with E-state index in [0.29, 0.717) is 6.54 Å². The largest absolute Gasteiger partial charge is 0.454 e. The highest BCUT2D eigenvalue weighted by Gasteiger charge is 2.30. The zero-order valence-electron chi connectivity index (χ0n) is 23.2. The molecule has 0 aliphatic carbocycles. The standard InChI is InChI=1S/C29H33N3O5.C2H6/c1-3-21(4-2)27(20-30-19-26(33)23-14-11-17-25(18-23)32(35)36)37-29(34)28(22-12-7-5-8-13-22)31-24-15-9-6-10-16-24;1-2/h5-18,21,27-28,30-31H,3-4,19-20H2,1-2H3;1-2H3/p+1/t27-,28+;/m0./s1. The first-order valence-electron chi connectivity index (χ1n) is 13.6. The Hall–Kier alpha value is -4.04. The summed E-state index contributed by atoms with van der Waals surface area (Å²) >= 11 is 0. The van der Waals surface area contributed by atoms with Gasteiger partial charge in [-0.2, -0.15) is 0 Å². The molecule has 208 valence electrons. The molecule has 3 aromatic rings. The van der Waals surface area contributed by atoms with Crippen LogP contribution in [-0.2, 0) is 9.53 Å². The lowest BCUT2D eigenvalue weighted by Gasteiger charge is -2.27. The number of quaternary nitrogens is 1. The van der Waals surface area contributed by atoms with Crippen molar-refractivity contribution in [2.45, 2.75) is 52.7 Å². The predicted molar refractivity (Wildman–Crippen MR) is 154 cm³/mol. The highest BCUT2D eigenvalue weighted by molar-refractivity contribution is 5.97. The fourth-order valence-corrected chi connectivity index (χ4v) is 4.28. The predicted octanol–water partition coefficient (Wildman–Crippen LogP) is 5.57. The first-order chi connectivity index (χ1) is 18.9. The van der Waals surface area contributed by atoms with Gasteiger partial charge in [-0.1, -0.05) is 88.4 Å². The minimum absolute atomic E-state index is 0.0970. The summed E-state index contributed by atoms with van der Waals surface area (Å²) in [5.74, 6) is -0.474. The monoisotopic (exact) mass is 534 g/mol. The third-order valence-electron chi connectivity index (χ3n) is 6.40. The van der Waals surface area contributed by atoms with Gasteiger partial charge in [0, 0.05) is 29.3 Å². The van der Waals surface area contributed by atoms with Crippen LogP contribution in [0.2, 0.25) is 0 Å². The number of nitrogens with zero attached hydrogens (tertiary/aromatic N) is 1. The molecule has 39 heavy (non-hydrogen) atoms. The van der Waals surface area contributed by atoms with Crippen molar-refractivity contribution in [3.05, 3.63) is 106 Å². The van der Waals surface area contributed by atoms with Crippen LogP contribution >= 0.6 is 0 Å². The number of esters is 1. The van der Waals surface area contributed by atoms with Gasteiger partial charge in [-0.15, -0.1) is 0 Å². The molecular weight excluding hydrogens is 494 g/mol. The highest BCUT2D eigenvalue weighted by atomic mass is 16.6. The lowest BCUT2D eigenvalue weighted by atomic mass is 9.96. The fraction of sp³-hybridized carbons (Fsp3) is 0.355. The molecular formula is C31H40N3O5+. The topological polar surface area (TPSA) is 115 Å². The fourth-order valence-electron chi connectivity index (χ4n) is 4.28. The van der Waals surface area contributed by atoms with E-state index in [9.17, 15) is 19.7 Å². The number of carbonyl (C=O) groups excluding carboxylic acids is 2. The molecule has 0 unspecified atom stereocenters. The maximum Gasteiger partial charge on any atom is 0.333 e. The van der Waals surface area contributed by atoms with E-state index in [1.54, 1.807) is 11.4 Å². The van der Waals surface area contributed by atoms with Crippen LogP contribution in [0.15, 0.2) is 84.9 Å². The molecule has 8 heteroatoms. The van der Waals surface area contributed by atoms with Crippen LogP contribution in [0.3, 0.4) is 0 Å². The van der Waals surface area contributed by atoms with E-state index < -0.39 is 17.1 Å². The van der Waals surface area contributed by atoms with E-state index in [1.807, 2.05) is 74.5 Å². The molecule has 0 saturated carbocycles. The number of ether oxygens (including phenoxy) is 1. The summed E-state index contributed by atoms with van der Waals surface area (Å²) in [7, 11) is 0. The van der Waals surface area contributed by atoms with E-state index in [1.165, 1.54) is 18.2 Å². The van der Waals surface area contributed by atoms with Crippen molar-refractivity contribution in [3.63, 3.8) is 0 Å². The van der Waals surface area contributed by atoms with Crippen molar-refractivity contribution in [2.24, 2.45) is 5.92 Å². The molecule has 0 spiro atoms. The van der Waals surface area contributed by atoms with Gasteiger partial charge in [-0.3, -0.25) is 14.9 Å². The number of ketones is 1. The van der Waals surface area contributed by atoms with Crippen molar-refractivity contribution in [3.8, 4) is 0 Å². The van der Waals surface area contributed by atoms with Crippen LogP contribution in [-0.4, -0.2) is 35.9 Å². The summed E-state index contributed by atoms with van der Waals surface area (Å²) < 4.78 is 6.09. The van der Waals surface area contributed by atoms with Gasteiger partial charge in [0.25, 0.3) is 5.69 Å². The van der Waals surface area contributed by atoms with Gasteiger partial charge < -0.3 is 15.4 Å². The van der Waals surface area contributed by atoms with E-state index in [4.69, 9.17) is 4.74 Å². The lowest BCUT2D eigenvalue weighted by Crippen LogP contribution is -2.88. The maximum absolute atomic E-state index is 13.5. The third-order valence-corrected chi connectivity index (χ3v) is 6.40. The highest BCUT2D eigenvalue weighted by Crippen LogP contribution is 2.24. The van der Waals surface area contributed by atoms with Crippen LogP contribution in [0.5, 0.6) is 0 Å². The van der Waals surface area contributed by atoms with Crippen molar-refractivity contribution < 1.29 is 24.6 Å². The average Bonchev–Trinajstić information content (AvgIpc) is 2.98. The van der Waals surface area contributed by atoms with Crippen molar-refractivity contribution >= 4 is 23.1 Å². The molecule has 3 rings (SSSR count). The van der Waals surface area contributed by atoms with Gasteiger partial charge in [-0.25, -0.2) is 4.79 Å². The summed E-state index contributed by atoms with van der Waals surface area (Å²) in [4.78, 5) is 36.7. The molecule has 0 amide bonds. The number of hydrogen-bond acceptors (Lipinski definition) is 6. The molecule has 0 aromatic heterocycles. The summed E-state index contributed by atoms with van der Waals surface area (Å²) in [5, 5.41) is 16.1. The van der Waals surface area contributed by atoms with Crippen molar-refractivity contribution in [1.29, 1.82) is 0 Å². The number of Topliss-reactive ketones (excluding diaryl/α,β-unsaturated/α-hetero) is 1. The molecule has 0 saturated heterocycles. The molecule has 0 bridgehead atoms. The number of rotatable bonds is 14. The van der Waals surface area contributed by atoms with Crippen molar-refractivity contribution in [2.75, 3.05) is 18.4 Å². The normalized spacial score (nSPS) is 12.0. The van der Waals surface area contributed by atoms with Crippen LogP contribution in [0.4, 0.5) is 11.4 Å². The van der Waals surface area contributed by atoms with Gasteiger partial charge in [0.2, 0.25) is 5.78 Å². The SMILES string of the molecule is CC.CCC(CC)[C@H](C[NH2+]CC(=O)c1cccc([N+](=O)[O-])c1)OC(=O)[C@H](Nc1ccccc1)c1ccccc1. The average molecular weight is 535 g/mol. The number of nitro groups is 1. The molecule has 0 radical (unpaired) electrons. The number of carbonyl (C=O) groups is 2. The Labute approximate surface area is 230 Å². The molecule has 0 aliphatic heterocycles. The zero-order valence-corrected chi connectivity index (χ0v) is 23.2. The molecule has 0 fully saturated rings. The zero-order chi connectivity index (χ0) is 28.6. The number of para-hydroxylation sites is 1. The van der Waals surface area contributed by atoms with Crippen LogP contribution < -0.4 is 10.6 Å². The Kier molecular flexibility index (Phi) is 13.4. The second-order valence-corrected chi connectivity index (χ2v) is 8.87. The first kappa shape index (κ1) is 31.2. The Bertz CT molecular complexity index is 1170. The van der Waals surface area contributed by atoms with E-state index in [-0.39, 0.29) is 35.5 Å². The second kappa shape index (κ2) is 16.7. The summed E-state index contributed by atoms with van der Waals surface area (Å²) in [5.41, 5.74) is 1.77. The van der Waals surface area contributed by atoms with E-state index in [0.717, 1.165) is 24.1 Å². The van der Waals surface area contributed by atoms with Gasteiger partial charge in [0.05, 0.1) is 4.92 Å². The minimum Gasteiger partial charge on any atom is -0.454 e. The van der Waals surface area contributed by atoms with E-state index in [2.05, 4.69) is 19.2 Å². The van der Waals surface area contributed by atoms with Crippen LogP contribution in [0.25, 0.3) is 0 Å². The van der Waals surface area contributed by atoms with Gasteiger partial charge in [-0.05, 0) is 30.5 Å². The van der Waals surface area contributed by atoms with Gasteiger partial charge in [0.1, 0.15) is 13.1 Å². The Morgan fingerprint density at radius 1 is 0.923 bits per heavy atom. The maximum atomic E-state index is 13.5. The molecule has 0 heterocycles. The number of nitro benzene ring substituents is 1. The number of anilines is 1. The molecule has 0 aliphatic rings. The second-order valence-electron chi connectivity index (χ2n) is 8.87. The Morgan fingerprint density at radius 3 is 2.13 bits per heavy atom. The lowest BCUT2D eigenvalue weighted by molar-refractivity contribution is -0.650. The summed E-state index contributed by atoms with van der Waals surface area (Å²) in [6.45, 7) is 8.62. The number of hydrogen-bond donors (Lipinski definition) is 2. The number of non-ortho nitro benzene ring substituents is 1. The molecule has 3 N–H and O–H groups in total. The summed E-state index contributed by atoms with van der Waals surface area (Å²) in [6.07, 6.45) is 1.25. The van der Waals surface area contributed by atoms with Gasteiger partial charge in [0.15, 0.2) is 12.1 Å². The molecule has 8 nitrogen and oxygen atoms in total. The smallest absolute Gasteiger partial charge is 0.333 e. The van der Waals surface area contributed by atoms with E-state index >= 15 is 0 Å².